The van der Waals surface area contributed by atoms with Gasteiger partial charge in [0.15, 0.2) is 0 Å². The van der Waals surface area contributed by atoms with Gasteiger partial charge in [0.05, 0.1) is 14.9 Å². The summed E-state index contributed by atoms with van der Waals surface area (Å²) in [6.45, 7) is 1.99. The number of aromatic amines is 1. The van der Waals surface area contributed by atoms with Crippen molar-refractivity contribution in [2.45, 2.75) is 6.92 Å². The highest BCUT2D eigenvalue weighted by molar-refractivity contribution is 7.20. The number of ketones is 1. The third-order valence-corrected chi connectivity index (χ3v) is 4.75. The van der Waals surface area contributed by atoms with Crippen LogP contribution in [-0.2, 0) is 0 Å². The van der Waals surface area contributed by atoms with Crippen LogP contribution in [0.5, 0.6) is 0 Å². The van der Waals surface area contributed by atoms with E-state index in [0.29, 0.717) is 20.5 Å². The Labute approximate surface area is 124 Å². The number of carbonyl (C=O) groups is 1. The zero-order valence-electron chi connectivity index (χ0n) is 9.96. The summed E-state index contributed by atoms with van der Waals surface area (Å²) < 4.78 is 0. The molecule has 0 aliphatic rings. The van der Waals surface area contributed by atoms with Gasteiger partial charge in [0.2, 0.25) is 5.78 Å². The molecule has 5 heteroatoms. The third-order valence-electron chi connectivity index (χ3n) is 2.86. The Bertz CT molecular complexity index is 756. The summed E-state index contributed by atoms with van der Waals surface area (Å²) in [4.78, 5) is 17.3. The molecule has 0 fully saturated rings. The van der Waals surface area contributed by atoms with E-state index in [9.17, 15) is 4.79 Å². The second kappa shape index (κ2) is 4.67. The number of rotatable bonds is 2. The van der Waals surface area contributed by atoms with Gasteiger partial charge in [-0.1, -0.05) is 29.3 Å². The van der Waals surface area contributed by atoms with Crippen molar-refractivity contribution < 1.29 is 4.79 Å². The number of benzene rings is 1. The van der Waals surface area contributed by atoms with Crippen molar-refractivity contribution in [2.24, 2.45) is 0 Å². The Kier molecular flexibility index (Phi) is 3.13. The molecule has 0 aliphatic carbocycles. The van der Waals surface area contributed by atoms with E-state index in [2.05, 4.69) is 4.98 Å². The number of thiophene rings is 1. The SMILES string of the molecule is Cc1cc2cc(C(=O)c3cccc(Cl)c3Cl)sc2[nH]1. The molecule has 96 valence electrons. The lowest BCUT2D eigenvalue weighted by Gasteiger charge is -2.02. The minimum atomic E-state index is -0.0975. The van der Waals surface area contributed by atoms with E-state index >= 15 is 0 Å². The second-order valence-corrected chi connectivity index (χ2v) is 6.12. The fourth-order valence-corrected chi connectivity index (χ4v) is 3.42. The highest BCUT2D eigenvalue weighted by atomic mass is 35.5. The molecule has 3 rings (SSSR count). The number of hydrogen-bond donors (Lipinski definition) is 1. The number of carbonyl (C=O) groups excluding carboxylic acids is 1. The van der Waals surface area contributed by atoms with Gasteiger partial charge in [-0.05, 0) is 31.2 Å². The summed E-state index contributed by atoms with van der Waals surface area (Å²) in [6.07, 6.45) is 0. The molecule has 0 bridgehead atoms. The molecule has 2 aromatic heterocycles. The van der Waals surface area contributed by atoms with Crippen LogP contribution in [0.3, 0.4) is 0 Å². The van der Waals surface area contributed by atoms with Gasteiger partial charge in [-0.3, -0.25) is 4.79 Å². The van der Waals surface area contributed by atoms with Crippen LogP contribution in [0, 0.1) is 6.92 Å². The van der Waals surface area contributed by atoms with Crippen molar-refractivity contribution in [3.05, 3.63) is 56.5 Å². The van der Waals surface area contributed by atoms with Crippen LogP contribution in [0.25, 0.3) is 10.2 Å². The van der Waals surface area contributed by atoms with Gasteiger partial charge < -0.3 is 4.98 Å². The maximum atomic E-state index is 12.4. The number of halogens is 2. The smallest absolute Gasteiger partial charge is 0.204 e. The maximum absolute atomic E-state index is 12.4. The minimum Gasteiger partial charge on any atom is -0.350 e. The summed E-state index contributed by atoms with van der Waals surface area (Å²) in [6, 6.07) is 8.98. The van der Waals surface area contributed by atoms with Gasteiger partial charge in [0.25, 0.3) is 0 Å². The first-order valence-corrected chi connectivity index (χ1v) is 7.21. The lowest BCUT2D eigenvalue weighted by molar-refractivity contribution is 0.104. The van der Waals surface area contributed by atoms with E-state index in [0.717, 1.165) is 15.9 Å². The van der Waals surface area contributed by atoms with Gasteiger partial charge in [0, 0.05) is 16.6 Å². The van der Waals surface area contributed by atoms with Crippen LogP contribution in [0.4, 0.5) is 0 Å². The molecule has 19 heavy (non-hydrogen) atoms. The molecule has 2 nitrogen and oxygen atoms in total. The molecule has 0 unspecified atom stereocenters. The molecule has 1 aromatic carbocycles. The molecule has 0 radical (unpaired) electrons. The first-order chi connectivity index (χ1) is 9.06. The average molecular weight is 310 g/mol. The van der Waals surface area contributed by atoms with Crippen molar-refractivity contribution >= 4 is 50.5 Å². The minimum absolute atomic E-state index is 0.0975. The van der Waals surface area contributed by atoms with E-state index in [1.807, 2.05) is 19.1 Å². The van der Waals surface area contributed by atoms with Gasteiger partial charge in [0.1, 0.15) is 4.83 Å². The van der Waals surface area contributed by atoms with Crippen molar-refractivity contribution in [3.8, 4) is 0 Å². The van der Waals surface area contributed by atoms with Crippen molar-refractivity contribution in [1.29, 1.82) is 0 Å². The number of nitrogens with one attached hydrogen (secondary N) is 1. The quantitative estimate of drug-likeness (QED) is 0.658. The van der Waals surface area contributed by atoms with Gasteiger partial charge in [-0.25, -0.2) is 0 Å². The lowest BCUT2D eigenvalue weighted by atomic mass is 10.1. The first-order valence-electron chi connectivity index (χ1n) is 5.64. The Balaban J connectivity index is 2.07. The Morgan fingerprint density at radius 1 is 1.26 bits per heavy atom. The molecule has 0 amide bonds. The van der Waals surface area contributed by atoms with E-state index in [1.165, 1.54) is 11.3 Å². The lowest BCUT2D eigenvalue weighted by Crippen LogP contribution is -1.99. The number of fused-ring (bicyclic) bond motifs is 1. The monoisotopic (exact) mass is 309 g/mol. The third kappa shape index (κ3) is 2.18. The molecule has 0 spiro atoms. The molecule has 1 N–H and O–H groups in total. The zero-order valence-corrected chi connectivity index (χ0v) is 12.3. The molecule has 2 heterocycles. The molecule has 0 saturated carbocycles. The summed E-state index contributed by atoms with van der Waals surface area (Å²) in [5.41, 5.74) is 1.52. The number of aromatic nitrogens is 1. The molecule has 0 aliphatic heterocycles. The Hall–Kier alpha value is -1.29. The molecule has 0 atom stereocenters. The predicted molar refractivity (Wildman–Crippen MR) is 80.8 cm³/mol. The molecular formula is C14H9Cl2NOS. The van der Waals surface area contributed by atoms with Crippen LogP contribution in [0.2, 0.25) is 10.0 Å². The van der Waals surface area contributed by atoms with Gasteiger partial charge in [-0.15, -0.1) is 11.3 Å². The van der Waals surface area contributed by atoms with Crippen molar-refractivity contribution in [3.63, 3.8) is 0 Å². The van der Waals surface area contributed by atoms with Crippen LogP contribution in [-0.4, -0.2) is 10.8 Å². The zero-order chi connectivity index (χ0) is 13.6. The van der Waals surface area contributed by atoms with Crippen LogP contribution >= 0.6 is 34.5 Å². The molecule has 3 aromatic rings. The number of hydrogen-bond acceptors (Lipinski definition) is 2. The van der Waals surface area contributed by atoms with Gasteiger partial charge in [-0.2, -0.15) is 0 Å². The highest BCUT2D eigenvalue weighted by Crippen LogP contribution is 2.31. The fourth-order valence-electron chi connectivity index (χ4n) is 1.98. The summed E-state index contributed by atoms with van der Waals surface area (Å²) >= 11 is 13.4. The van der Waals surface area contributed by atoms with Crippen molar-refractivity contribution in [2.75, 3.05) is 0 Å². The van der Waals surface area contributed by atoms with E-state index in [4.69, 9.17) is 23.2 Å². The predicted octanol–water partition coefficient (Wildman–Crippen LogP) is 5.08. The van der Waals surface area contributed by atoms with Crippen LogP contribution in [0.1, 0.15) is 20.9 Å². The average Bonchev–Trinajstić information content (AvgIpc) is 2.89. The largest absolute Gasteiger partial charge is 0.350 e. The van der Waals surface area contributed by atoms with E-state index in [-0.39, 0.29) is 5.78 Å². The maximum Gasteiger partial charge on any atom is 0.204 e. The standard InChI is InChI=1S/C14H9Cl2NOS/c1-7-5-8-6-11(19-14(8)17-7)13(18)9-3-2-4-10(15)12(9)16/h2-6,17H,1H3. The summed E-state index contributed by atoms with van der Waals surface area (Å²) in [5, 5.41) is 1.75. The van der Waals surface area contributed by atoms with E-state index in [1.54, 1.807) is 18.2 Å². The normalized spacial score (nSPS) is 11.1. The molecule has 0 saturated heterocycles. The molecular weight excluding hydrogens is 301 g/mol. The highest BCUT2D eigenvalue weighted by Gasteiger charge is 2.17. The Morgan fingerprint density at radius 3 is 2.79 bits per heavy atom. The second-order valence-electron chi connectivity index (χ2n) is 4.28. The number of aryl methyl sites for hydroxylation is 1. The van der Waals surface area contributed by atoms with Crippen LogP contribution in [0.15, 0.2) is 30.3 Å². The van der Waals surface area contributed by atoms with Crippen LogP contribution < -0.4 is 0 Å². The summed E-state index contributed by atoms with van der Waals surface area (Å²) in [5.74, 6) is -0.0975. The Morgan fingerprint density at radius 2 is 2.05 bits per heavy atom. The van der Waals surface area contributed by atoms with Crippen molar-refractivity contribution in [1.82, 2.24) is 4.98 Å². The topological polar surface area (TPSA) is 32.9 Å². The number of H-pyrrole nitrogens is 1. The fraction of sp³-hybridized carbons (Fsp3) is 0.0714. The first kappa shape index (κ1) is 12.7. The summed E-state index contributed by atoms with van der Waals surface area (Å²) in [7, 11) is 0. The van der Waals surface area contributed by atoms with Gasteiger partial charge >= 0.3 is 0 Å². The van der Waals surface area contributed by atoms with E-state index < -0.39 is 0 Å².